The van der Waals surface area contributed by atoms with Gasteiger partial charge < -0.3 is 0 Å². The van der Waals surface area contributed by atoms with E-state index in [1.165, 1.54) is 18.0 Å². The van der Waals surface area contributed by atoms with Crippen LogP contribution in [0.3, 0.4) is 0 Å². The van der Waals surface area contributed by atoms with E-state index in [2.05, 4.69) is 15.9 Å². The molecular formula is C14H11BrO3S2. The number of hydrogen-bond donors (Lipinski definition) is 0. The van der Waals surface area contributed by atoms with Gasteiger partial charge in [0.2, 0.25) is 0 Å². The zero-order valence-corrected chi connectivity index (χ0v) is 13.8. The largest absolute Gasteiger partial charge is 0.298 e. The summed E-state index contributed by atoms with van der Waals surface area (Å²) in [6.07, 6.45) is 1.98. The van der Waals surface area contributed by atoms with Crippen molar-refractivity contribution in [3.05, 3.63) is 52.5 Å². The first-order chi connectivity index (χ1) is 9.40. The Balaban J connectivity index is 2.24. The first kappa shape index (κ1) is 15.3. The zero-order valence-electron chi connectivity index (χ0n) is 10.5. The molecule has 0 aromatic heterocycles. The first-order valence-electron chi connectivity index (χ1n) is 5.63. The highest BCUT2D eigenvalue weighted by Crippen LogP contribution is 2.34. The third-order valence-corrected chi connectivity index (χ3v) is 5.70. The molecule has 2 aromatic rings. The zero-order chi connectivity index (χ0) is 14.8. The summed E-state index contributed by atoms with van der Waals surface area (Å²) in [5.41, 5.74) is 0.605. The van der Waals surface area contributed by atoms with Crippen LogP contribution in [-0.2, 0) is 9.84 Å². The fourth-order valence-corrected chi connectivity index (χ4v) is 3.64. The topological polar surface area (TPSA) is 51.2 Å². The summed E-state index contributed by atoms with van der Waals surface area (Å²) in [6, 6.07) is 12.0. The van der Waals surface area contributed by atoms with Gasteiger partial charge in [-0.3, -0.25) is 4.79 Å². The van der Waals surface area contributed by atoms with E-state index in [0.717, 1.165) is 20.5 Å². The molecule has 0 fully saturated rings. The Hall–Kier alpha value is -1.11. The Morgan fingerprint density at radius 3 is 2.25 bits per heavy atom. The molecule has 0 amide bonds. The van der Waals surface area contributed by atoms with E-state index in [4.69, 9.17) is 0 Å². The Kier molecular flexibility index (Phi) is 4.67. The van der Waals surface area contributed by atoms with Gasteiger partial charge in [0.1, 0.15) is 6.29 Å². The van der Waals surface area contributed by atoms with E-state index in [1.54, 1.807) is 36.4 Å². The molecule has 20 heavy (non-hydrogen) atoms. The number of carbonyl (C=O) groups is 1. The average Bonchev–Trinajstić information content (AvgIpc) is 2.40. The van der Waals surface area contributed by atoms with Crippen LogP contribution in [0, 0.1) is 0 Å². The molecule has 0 spiro atoms. The van der Waals surface area contributed by atoms with Crippen LogP contribution in [0.4, 0.5) is 0 Å². The molecule has 0 radical (unpaired) electrons. The maximum Gasteiger partial charge on any atom is 0.175 e. The number of sulfone groups is 1. The summed E-state index contributed by atoms with van der Waals surface area (Å²) in [4.78, 5) is 12.9. The highest BCUT2D eigenvalue weighted by atomic mass is 79.9. The van der Waals surface area contributed by atoms with Crippen LogP contribution in [0.1, 0.15) is 10.4 Å². The molecule has 0 saturated carbocycles. The van der Waals surface area contributed by atoms with Crippen molar-refractivity contribution in [1.82, 2.24) is 0 Å². The number of hydrogen-bond acceptors (Lipinski definition) is 4. The minimum absolute atomic E-state index is 0.303. The van der Waals surface area contributed by atoms with Gasteiger partial charge in [-0.25, -0.2) is 8.42 Å². The molecular weight excluding hydrogens is 360 g/mol. The van der Waals surface area contributed by atoms with Crippen molar-refractivity contribution in [3.63, 3.8) is 0 Å². The van der Waals surface area contributed by atoms with Gasteiger partial charge in [-0.15, -0.1) is 0 Å². The number of carbonyl (C=O) groups excluding carboxylic acids is 1. The summed E-state index contributed by atoms with van der Waals surface area (Å²) in [6.45, 7) is 0. The van der Waals surface area contributed by atoms with E-state index in [9.17, 15) is 13.2 Å². The summed E-state index contributed by atoms with van der Waals surface area (Å²) in [5, 5.41) is 0. The molecule has 0 saturated heterocycles. The quantitative estimate of drug-likeness (QED) is 0.767. The first-order valence-corrected chi connectivity index (χ1v) is 9.13. The highest BCUT2D eigenvalue weighted by molar-refractivity contribution is 9.10. The maximum atomic E-state index is 11.4. The summed E-state index contributed by atoms with van der Waals surface area (Å²) in [7, 11) is -3.17. The molecule has 0 aliphatic heterocycles. The number of halogens is 1. The normalized spacial score (nSPS) is 11.3. The van der Waals surface area contributed by atoms with Crippen molar-refractivity contribution in [1.29, 1.82) is 0 Å². The fraction of sp³-hybridized carbons (Fsp3) is 0.0714. The maximum absolute atomic E-state index is 11.4. The number of benzene rings is 2. The van der Waals surface area contributed by atoms with E-state index in [1.807, 2.05) is 6.07 Å². The summed E-state index contributed by atoms with van der Waals surface area (Å²) >= 11 is 4.91. The molecule has 0 atom stereocenters. The minimum atomic E-state index is -3.17. The Bertz CT molecular complexity index is 738. The van der Waals surface area contributed by atoms with Gasteiger partial charge in [-0.05, 0) is 52.3 Å². The molecule has 0 N–H and O–H groups in total. The lowest BCUT2D eigenvalue weighted by Gasteiger charge is -2.06. The summed E-state index contributed by atoms with van der Waals surface area (Å²) < 4.78 is 23.6. The van der Waals surface area contributed by atoms with Crippen molar-refractivity contribution >= 4 is 43.8 Å². The Morgan fingerprint density at radius 1 is 1.10 bits per heavy atom. The second-order valence-corrected chi connectivity index (χ2v) is 8.14. The highest BCUT2D eigenvalue weighted by Gasteiger charge is 2.08. The van der Waals surface area contributed by atoms with Crippen LogP contribution in [0.5, 0.6) is 0 Å². The van der Waals surface area contributed by atoms with Gasteiger partial charge in [-0.2, -0.15) is 0 Å². The SMILES string of the molecule is CS(=O)(=O)c1ccc(Sc2ccc(C=O)cc2Br)cc1. The third-order valence-electron chi connectivity index (χ3n) is 2.57. The van der Waals surface area contributed by atoms with Crippen molar-refractivity contribution in [3.8, 4) is 0 Å². The van der Waals surface area contributed by atoms with Gasteiger partial charge in [0.05, 0.1) is 4.90 Å². The molecule has 0 heterocycles. The van der Waals surface area contributed by atoms with Crippen LogP contribution in [0.15, 0.2) is 61.6 Å². The predicted octanol–water partition coefficient (Wildman–Crippen LogP) is 3.82. The second kappa shape index (κ2) is 6.11. The lowest BCUT2D eigenvalue weighted by molar-refractivity contribution is 0.112. The van der Waals surface area contributed by atoms with E-state index < -0.39 is 9.84 Å². The molecule has 2 aromatic carbocycles. The molecule has 0 bridgehead atoms. The van der Waals surface area contributed by atoms with Gasteiger partial charge >= 0.3 is 0 Å². The lowest BCUT2D eigenvalue weighted by Crippen LogP contribution is -1.95. The molecule has 104 valence electrons. The minimum Gasteiger partial charge on any atom is -0.298 e. The van der Waals surface area contributed by atoms with Crippen LogP contribution in [-0.4, -0.2) is 21.0 Å². The molecule has 0 aliphatic rings. The predicted molar refractivity (Wildman–Crippen MR) is 83.2 cm³/mol. The lowest BCUT2D eigenvalue weighted by atomic mass is 10.2. The third kappa shape index (κ3) is 3.71. The van der Waals surface area contributed by atoms with Crippen LogP contribution in [0.2, 0.25) is 0 Å². The average molecular weight is 371 g/mol. The molecule has 0 aliphatic carbocycles. The smallest absolute Gasteiger partial charge is 0.175 e. The van der Waals surface area contributed by atoms with E-state index in [-0.39, 0.29) is 0 Å². The monoisotopic (exact) mass is 370 g/mol. The molecule has 0 unspecified atom stereocenters. The molecule has 3 nitrogen and oxygen atoms in total. The van der Waals surface area contributed by atoms with Gasteiger partial charge in [0.15, 0.2) is 9.84 Å². The van der Waals surface area contributed by atoms with Crippen molar-refractivity contribution in [2.45, 2.75) is 14.7 Å². The standard InChI is InChI=1S/C14H11BrO3S2/c1-20(17,18)12-5-3-11(4-6-12)19-14-7-2-10(9-16)8-13(14)15/h2-9H,1H3. The summed E-state index contributed by atoms with van der Waals surface area (Å²) in [5.74, 6) is 0. The van der Waals surface area contributed by atoms with Gasteiger partial charge in [0.25, 0.3) is 0 Å². The van der Waals surface area contributed by atoms with Crippen molar-refractivity contribution < 1.29 is 13.2 Å². The second-order valence-electron chi connectivity index (χ2n) is 4.15. The molecule has 2 rings (SSSR count). The van der Waals surface area contributed by atoms with E-state index >= 15 is 0 Å². The van der Waals surface area contributed by atoms with Crippen molar-refractivity contribution in [2.24, 2.45) is 0 Å². The van der Waals surface area contributed by atoms with Gasteiger partial charge in [-0.1, -0.05) is 17.8 Å². The van der Waals surface area contributed by atoms with Crippen molar-refractivity contribution in [2.75, 3.05) is 6.26 Å². The van der Waals surface area contributed by atoms with Crippen LogP contribution in [0.25, 0.3) is 0 Å². The van der Waals surface area contributed by atoms with Gasteiger partial charge in [0, 0.05) is 26.1 Å². The number of aldehydes is 1. The number of rotatable bonds is 4. The van der Waals surface area contributed by atoms with Crippen LogP contribution >= 0.6 is 27.7 Å². The Labute approximate surface area is 130 Å². The van der Waals surface area contributed by atoms with Crippen LogP contribution < -0.4 is 0 Å². The van der Waals surface area contributed by atoms with E-state index in [0.29, 0.717) is 10.5 Å². The Morgan fingerprint density at radius 2 is 1.75 bits per heavy atom. The molecule has 6 heteroatoms. The fourth-order valence-electron chi connectivity index (χ4n) is 1.56.